The molecule has 2 aromatic heterocycles. The van der Waals surface area contributed by atoms with Gasteiger partial charge < -0.3 is 4.57 Å². The van der Waals surface area contributed by atoms with Crippen LogP contribution < -0.4 is 0 Å². The molecule has 8 aromatic carbocycles. The Morgan fingerprint density at radius 1 is 0.441 bits per heavy atom. The van der Waals surface area contributed by atoms with Gasteiger partial charge in [-0.1, -0.05) is 146 Å². The molecule has 10 aromatic rings. The van der Waals surface area contributed by atoms with E-state index in [1.54, 1.807) is 0 Å². The lowest BCUT2D eigenvalue weighted by atomic mass is 9.91. The molecule has 0 atom stereocenters. The van der Waals surface area contributed by atoms with E-state index < -0.39 is 0 Å². The number of hydrogen-bond donors (Lipinski definition) is 0. The fourth-order valence-electron chi connectivity index (χ4n) is 8.06. The second-order valence-electron chi connectivity index (χ2n) is 14.4. The smallest absolute Gasteiger partial charge is 0.187 e. The lowest BCUT2D eigenvalue weighted by molar-refractivity contribution is 1.17. The summed E-state index contributed by atoms with van der Waals surface area (Å²) in [5.41, 5.74) is 14.3. The van der Waals surface area contributed by atoms with E-state index >= 15 is 0 Å². The summed E-state index contributed by atoms with van der Waals surface area (Å²) in [6.07, 6.45) is 0. The maximum Gasteiger partial charge on any atom is 0.187 e. The van der Waals surface area contributed by atoms with Crippen LogP contribution in [0, 0.1) is 17.9 Å². The highest BCUT2D eigenvalue weighted by molar-refractivity contribution is 6.12. The summed E-state index contributed by atoms with van der Waals surface area (Å²) < 4.78 is 2.34. The molecule has 10 rings (SSSR count). The van der Waals surface area contributed by atoms with Crippen molar-refractivity contribution < 1.29 is 0 Å². The normalized spacial score (nSPS) is 11.0. The first kappa shape index (κ1) is 35.1. The minimum Gasteiger partial charge on any atom is -0.308 e. The quantitative estimate of drug-likeness (QED) is 0.152. The van der Waals surface area contributed by atoms with Gasteiger partial charge in [0, 0.05) is 38.6 Å². The van der Waals surface area contributed by atoms with Crippen molar-refractivity contribution in [3.8, 4) is 79.0 Å². The Morgan fingerprint density at radius 2 is 1.00 bits per heavy atom. The van der Waals surface area contributed by atoms with Gasteiger partial charge >= 0.3 is 0 Å². The average molecular weight is 752 g/mol. The summed E-state index contributed by atoms with van der Waals surface area (Å²) in [5, 5.41) is 12.4. The molecule has 0 N–H and O–H groups in total. The van der Waals surface area contributed by atoms with Gasteiger partial charge in [-0.25, -0.2) is 14.8 Å². The third-order valence-corrected chi connectivity index (χ3v) is 10.8. The summed E-state index contributed by atoms with van der Waals surface area (Å²) in [4.78, 5) is 14.3. The van der Waals surface area contributed by atoms with Crippen molar-refractivity contribution in [2.24, 2.45) is 0 Å². The van der Waals surface area contributed by atoms with E-state index in [0.29, 0.717) is 17.1 Å². The zero-order chi connectivity index (χ0) is 39.7. The van der Waals surface area contributed by atoms with Crippen LogP contribution in [0.2, 0.25) is 0 Å². The second-order valence-corrected chi connectivity index (χ2v) is 14.4. The molecule has 0 fully saturated rings. The molecule has 0 saturated carbocycles. The fourth-order valence-corrected chi connectivity index (χ4v) is 8.06. The van der Waals surface area contributed by atoms with E-state index in [4.69, 9.17) is 16.5 Å². The van der Waals surface area contributed by atoms with E-state index in [1.165, 1.54) is 0 Å². The maximum absolute atomic E-state index is 10.2. The number of aromatic nitrogens is 3. The van der Waals surface area contributed by atoms with Crippen molar-refractivity contribution in [3.05, 3.63) is 217 Å². The van der Waals surface area contributed by atoms with Gasteiger partial charge in [0.05, 0.1) is 46.3 Å². The largest absolute Gasteiger partial charge is 0.308 e. The summed E-state index contributed by atoms with van der Waals surface area (Å²) in [7, 11) is 0. The van der Waals surface area contributed by atoms with Crippen molar-refractivity contribution in [2.75, 3.05) is 0 Å². The predicted molar refractivity (Wildman–Crippen MR) is 240 cm³/mol. The number of fused-ring (bicyclic) bond motifs is 3. The molecule has 0 bridgehead atoms. The molecule has 59 heavy (non-hydrogen) atoms. The van der Waals surface area contributed by atoms with Crippen LogP contribution in [0.4, 0.5) is 5.69 Å². The minimum atomic E-state index is 0.537. The predicted octanol–water partition coefficient (Wildman–Crippen LogP) is 14.0. The first-order valence-corrected chi connectivity index (χ1v) is 19.4. The van der Waals surface area contributed by atoms with E-state index in [1.807, 2.05) is 84.9 Å². The summed E-state index contributed by atoms with van der Waals surface area (Å²) >= 11 is 0. The Hall–Kier alpha value is -8.38. The van der Waals surface area contributed by atoms with Crippen molar-refractivity contribution in [3.63, 3.8) is 0 Å². The van der Waals surface area contributed by atoms with Crippen LogP contribution in [0.1, 0.15) is 5.56 Å². The lowest BCUT2D eigenvalue weighted by Gasteiger charge is -2.21. The van der Waals surface area contributed by atoms with E-state index in [0.717, 1.165) is 89.0 Å². The highest BCUT2D eigenvalue weighted by Gasteiger charge is 2.23. The molecule has 0 aliphatic carbocycles. The molecule has 0 spiro atoms. The number of para-hydroxylation sites is 1. The number of nitriles is 1. The second kappa shape index (κ2) is 14.9. The van der Waals surface area contributed by atoms with Crippen LogP contribution in [0.5, 0.6) is 0 Å². The van der Waals surface area contributed by atoms with Crippen molar-refractivity contribution in [1.82, 2.24) is 14.5 Å². The Morgan fingerprint density at radius 3 is 1.64 bits per heavy atom. The number of benzene rings is 8. The summed E-state index contributed by atoms with van der Waals surface area (Å²) in [6.45, 7) is 7.98. The number of hydrogen-bond acceptors (Lipinski definition) is 3. The molecule has 0 unspecified atom stereocenters. The Labute approximate surface area is 342 Å². The zero-order valence-electron chi connectivity index (χ0n) is 31.8. The topological polar surface area (TPSA) is 58.9 Å². The highest BCUT2D eigenvalue weighted by atomic mass is 15.0. The van der Waals surface area contributed by atoms with Crippen LogP contribution in [-0.2, 0) is 0 Å². The van der Waals surface area contributed by atoms with Gasteiger partial charge in [-0.05, 0) is 76.9 Å². The lowest BCUT2D eigenvalue weighted by Crippen LogP contribution is -2.03. The Kier molecular flexibility index (Phi) is 8.88. The monoisotopic (exact) mass is 751 g/mol. The standard InChI is InChI=1S/C54H33N5/c1-56-44-24-14-23-42(30-44)47-33-43(54-57-49(38-18-7-3-8-19-38)34-50(58-54)39-20-9-4-10-21-39)32-46(41-22-13-15-36(29-41)35-55)53(47)59-51-26-12-11-25-45(51)48-31-40(27-28-52(48)59)37-16-5-2-6-17-37/h2-34H. The maximum atomic E-state index is 10.2. The molecule has 0 amide bonds. The first-order valence-electron chi connectivity index (χ1n) is 19.4. The third kappa shape index (κ3) is 6.50. The first-order chi connectivity index (χ1) is 29.1. The van der Waals surface area contributed by atoms with Crippen LogP contribution in [-0.4, -0.2) is 14.5 Å². The van der Waals surface area contributed by atoms with Gasteiger partial charge in [-0.15, -0.1) is 0 Å². The van der Waals surface area contributed by atoms with Gasteiger partial charge in [0.25, 0.3) is 0 Å². The Balaban J connectivity index is 1.33. The van der Waals surface area contributed by atoms with Crippen LogP contribution in [0.25, 0.3) is 99.6 Å². The number of rotatable bonds is 7. The van der Waals surface area contributed by atoms with E-state index in [2.05, 4.69) is 131 Å². The third-order valence-electron chi connectivity index (χ3n) is 10.8. The van der Waals surface area contributed by atoms with Crippen LogP contribution >= 0.6 is 0 Å². The van der Waals surface area contributed by atoms with Gasteiger partial charge in [-0.3, -0.25) is 0 Å². The van der Waals surface area contributed by atoms with Gasteiger partial charge in [0.2, 0.25) is 0 Å². The zero-order valence-corrected chi connectivity index (χ0v) is 31.8. The SMILES string of the molecule is [C-]#[N+]c1cccc(-c2cc(-c3nc(-c4ccccc4)cc(-c4ccccc4)n3)cc(-c3cccc(C#N)c3)c2-n2c3ccccc3c3cc(-c4ccccc4)ccc32)c1. The van der Waals surface area contributed by atoms with Crippen molar-refractivity contribution >= 4 is 27.5 Å². The molecular weight excluding hydrogens is 719 g/mol. The van der Waals surface area contributed by atoms with E-state index in [9.17, 15) is 5.26 Å². The average Bonchev–Trinajstić information content (AvgIpc) is 3.65. The minimum absolute atomic E-state index is 0.537. The molecule has 0 aliphatic heterocycles. The van der Waals surface area contributed by atoms with Gasteiger partial charge in [0.15, 0.2) is 11.5 Å². The molecule has 5 nitrogen and oxygen atoms in total. The molecular formula is C54H33N5. The van der Waals surface area contributed by atoms with Crippen molar-refractivity contribution in [2.45, 2.75) is 0 Å². The Bertz CT molecular complexity index is 3140. The molecule has 2 heterocycles. The number of nitrogens with zero attached hydrogens (tertiary/aromatic N) is 5. The van der Waals surface area contributed by atoms with Crippen LogP contribution in [0.3, 0.4) is 0 Å². The summed E-state index contributed by atoms with van der Waals surface area (Å²) in [5.74, 6) is 0.562. The molecule has 5 heteroatoms. The van der Waals surface area contributed by atoms with Gasteiger partial charge in [0.1, 0.15) is 0 Å². The summed E-state index contributed by atoms with van der Waals surface area (Å²) in [6, 6.07) is 70.3. The van der Waals surface area contributed by atoms with E-state index in [-0.39, 0.29) is 0 Å². The van der Waals surface area contributed by atoms with Crippen molar-refractivity contribution in [1.29, 1.82) is 5.26 Å². The molecule has 0 radical (unpaired) electrons. The molecule has 0 aliphatic rings. The van der Waals surface area contributed by atoms with Gasteiger partial charge in [-0.2, -0.15) is 5.26 Å². The molecule has 0 saturated heterocycles. The molecule has 274 valence electrons. The highest BCUT2D eigenvalue weighted by Crippen LogP contribution is 2.45. The fraction of sp³-hybridized carbons (Fsp3) is 0. The van der Waals surface area contributed by atoms with Crippen LogP contribution in [0.15, 0.2) is 200 Å².